The Morgan fingerprint density at radius 2 is 1.61 bits per heavy atom. The molecule has 1 saturated heterocycles. The van der Waals surface area contributed by atoms with Crippen molar-refractivity contribution in [2.45, 2.75) is 84.0 Å². The van der Waals surface area contributed by atoms with Crippen LogP contribution in [0, 0.1) is 5.92 Å². The Morgan fingerprint density at radius 1 is 1.00 bits per heavy atom. The zero-order valence-corrected chi connectivity index (χ0v) is 12.1. The molecule has 1 rings (SSSR count). The molecule has 1 fully saturated rings. The Labute approximate surface area is 112 Å². The molecular weight excluding hydrogens is 224 g/mol. The van der Waals surface area contributed by atoms with Gasteiger partial charge in [-0.15, -0.1) is 0 Å². The van der Waals surface area contributed by atoms with Crippen molar-refractivity contribution in [3.05, 3.63) is 0 Å². The molecule has 106 valence electrons. The van der Waals surface area contributed by atoms with Crippen molar-refractivity contribution in [1.82, 2.24) is 0 Å². The van der Waals surface area contributed by atoms with E-state index in [9.17, 15) is 4.79 Å². The second-order valence-electron chi connectivity index (χ2n) is 5.70. The van der Waals surface area contributed by atoms with Gasteiger partial charge < -0.3 is 4.74 Å². The summed E-state index contributed by atoms with van der Waals surface area (Å²) in [6.45, 7) is 2.94. The summed E-state index contributed by atoms with van der Waals surface area (Å²) in [5.74, 6) is 0.644. The van der Waals surface area contributed by atoms with Gasteiger partial charge in [0.2, 0.25) is 0 Å². The molecule has 18 heavy (non-hydrogen) atoms. The van der Waals surface area contributed by atoms with Gasteiger partial charge in [0.05, 0.1) is 6.61 Å². The van der Waals surface area contributed by atoms with Gasteiger partial charge in [0.1, 0.15) is 0 Å². The summed E-state index contributed by atoms with van der Waals surface area (Å²) in [5.41, 5.74) is 0. The summed E-state index contributed by atoms with van der Waals surface area (Å²) >= 11 is 0. The van der Waals surface area contributed by atoms with Gasteiger partial charge in [-0.3, -0.25) is 4.79 Å². The first-order valence-corrected chi connectivity index (χ1v) is 7.98. The molecule has 0 radical (unpaired) electrons. The topological polar surface area (TPSA) is 26.3 Å². The summed E-state index contributed by atoms with van der Waals surface area (Å²) in [4.78, 5) is 10.9. The number of hydrogen-bond acceptors (Lipinski definition) is 2. The minimum Gasteiger partial charge on any atom is -0.465 e. The Balaban J connectivity index is 1.80. The van der Waals surface area contributed by atoms with E-state index >= 15 is 0 Å². The molecule has 1 heterocycles. The van der Waals surface area contributed by atoms with E-state index in [1.54, 1.807) is 0 Å². The third-order valence-electron chi connectivity index (χ3n) is 3.95. The van der Waals surface area contributed by atoms with Crippen molar-refractivity contribution in [2.75, 3.05) is 6.61 Å². The number of unbranched alkanes of at least 4 members (excludes halogenated alkanes) is 8. The van der Waals surface area contributed by atoms with Crippen LogP contribution in [0.4, 0.5) is 0 Å². The fourth-order valence-corrected chi connectivity index (χ4v) is 2.66. The molecule has 0 N–H and O–H groups in total. The van der Waals surface area contributed by atoms with Crippen LogP contribution < -0.4 is 0 Å². The summed E-state index contributed by atoms with van der Waals surface area (Å²) < 4.78 is 5.08. The molecule has 0 bridgehead atoms. The minimum atomic E-state index is -0.00155. The van der Waals surface area contributed by atoms with Crippen molar-refractivity contribution >= 4 is 5.97 Å². The second kappa shape index (κ2) is 10.4. The fourth-order valence-electron chi connectivity index (χ4n) is 2.66. The number of hydrogen-bond donors (Lipinski definition) is 0. The fraction of sp³-hybridized carbons (Fsp3) is 0.938. The Hall–Kier alpha value is -0.530. The van der Waals surface area contributed by atoms with Crippen LogP contribution in [0.1, 0.15) is 84.0 Å². The van der Waals surface area contributed by atoms with Crippen LogP contribution in [0.25, 0.3) is 0 Å². The lowest BCUT2D eigenvalue weighted by Crippen LogP contribution is -2.21. The Morgan fingerprint density at radius 3 is 2.17 bits per heavy atom. The first kappa shape index (κ1) is 15.5. The van der Waals surface area contributed by atoms with Gasteiger partial charge in [0.25, 0.3) is 0 Å². The number of cyclic esters (lactones) is 1. The predicted molar refractivity (Wildman–Crippen MR) is 75.5 cm³/mol. The van der Waals surface area contributed by atoms with Crippen molar-refractivity contribution in [3.63, 3.8) is 0 Å². The van der Waals surface area contributed by atoms with Gasteiger partial charge in [-0.05, 0) is 18.8 Å². The average Bonchev–Trinajstić information content (AvgIpc) is 2.39. The zero-order chi connectivity index (χ0) is 13.1. The van der Waals surface area contributed by atoms with E-state index in [1.807, 2.05) is 0 Å². The molecule has 0 saturated carbocycles. The Bertz CT molecular complexity index is 203. The standard InChI is InChI=1S/C16H30O2/c1-2-3-4-5-6-7-8-9-10-11-15-12-13-16(17)18-14-15/h15H,2-14H2,1H3/t15-/m0/s1. The van der Waals surface area contributed by atoms with Crippen molar-refractivity contribution in [2.24, 2.45) is 5.92 Å². The lowest BCUT2D eigenvalue weighted by Gasteiger charge is -2.21. The molecule has 0 aromatic carbocycles. The van der Waals surface area contributed by atoms with Crippen LogP contribution in [0.2, 0.25) is 0 Å². The lowest BCUT2D eigenvalue weighted by molar-refractivity contribution is -0.149. The van der Waals surface area contributed by atoms with Crippen LogP contribution in [0.15, 0.2) is 0 Å². The van der Waals surface area contributed by atoms with Gasteiger partial charge in [-0.2, -0.15) is 0 Å². The molecule has 0 aliphatic carbocycles. The van der Waals surface area contributed by atoms with Crippen LogP contribution >= 0.6 is 0 Å². The number of ether oxygens (including phenoxy) is 1. The maximum absolute atomic E-state index is 10.9. The predicted octanol–water partition coefficient (Wildman–Crippen LogP) is 4.86. The van der Waals surface area contributed by atoms with Crippen molar-refractivity contribution < 1.29 is 9.53 Å². The molecule has 0 unspecified atom stereocenters. The molecule has 2 nitrogen and oxygen atoms in total. The summed E-state index contributed by atoms with van der Waals surface area (Å²) in [6, 6.07) is 0. The van der Waals surface area contributed by atoms with E-state index in [0.717, 1.165) is 6.42 Å². The SMILES string of the molecule is CCCCCCCCCCC[C@H]1CCC(=O)OC1. The Kier molecular flexibility index (Phi) is 8.97. The maximum Gasteiger partial charge on any atom is 0.305 e. The molecular formula is C16H30O2. The number of esters is 1. The maximum atomic E-state index is 10.9. The molecule has 0 spiro atoms. The lowest BCUT2D eigenvalue weighted by atomic mass is 9.95. The van der Waals surface area contributed by atoms with E-state index in [2.05, 4.69) is 6.92 Å². The largest absolute Gasteiger partial charge is 0.465 e. The monoisotopic (exact) mass is 254 g/mol. The smallest absolute Gasteiger partial charge is 0.305 e. The highest BCUT2D eigenvalue weighted by Gasteiger charge is 2.18. The number of rotatable bonds is 10. The molecule has 0 aromatic rings. The van der Waals surface area contributed by atoms with Gasteiger partial charge in [-0.1, -0.05) is 64.7 Å². The van der Waals surface area contributed by atoms with E-state index in [4.69, 9.17) is 4.74 Å². The highest BCUT2D eigenvalue weighted by atomic mass is 16.5. The van der Waals surface area contributed by atoms with Gasteiger partial charge in [0, 0.05) is 6.42 Å². The minimum absolute atomic E-state index is 0.00155. The van der Waals surface area contributed by atoms with E-state index < -0.39 is 0 Å². The van der Waals surface area contributed by atoms with Crippen LogP contribution in [0.5, 0.6) is 0 Å². The number of carbonyl (C=O) groups excluding carboxylic acids is 1. The van der Waals surface area contributed by atoms with Gasteiger partial charge in [0.15, 0.2) is 0 Å². The third kappa shape index (κ3) is 7.73. The number of carbonyl (C=O) groups is 1. The van der Waals surface area contributed by atoms with Crippen LogP contribution in [0.3, 0.4) is 0 Å². The summed E-state index contributed by atoms with van der Waals surface area (Å²) in [6.07, 6.45) is 15.4. The van der Waals surface area contributed by atoms with E-state index in [0.29, 0.717) is 18.9 Å². The first-order valence-electron chi connectivity index (χ1n) is 7.98. The molecule has 1 atom stereocenters. The van der Waals surface area contributed by atoms with Crippen molar-refractivity contribution in [1.29, 1.82) is 0 Å². The normalized spacial score (nSPS) is 19.8. The van der Waals surface area contributed by atoms with Crippen LogP contribution in [-0.2, 0) is 9.53 Å². The zero-order valence-electron chi connectivity index (χ0n) is 12.1. The third-order valence-corrected chi connectivity index (χ3v) is 3.95. The average molecular weight is 254 g/mol. The summed E-state index contributed by atoms with van der Waals surface area (Å²) in [5, 5.41) is 0. The highest BCUT2D eigenvalue weighted by Crippen LogP contribution is 2.21. The quantitative estimate of drug-likeness (QED) is 0.411. The molecule has 1 aliphatic rings. The van der Waals surface area contributed by atoms with E-state index in [-0.39, 0.29) is 5.97 Å². The molecule has 1 aliphatic heterocycles. The molecule has 0 amide bonds. The van der Waals surface area contributed by atoms with Gasteiger partial charge in [-0.25, -0.2) is 0 Å². The second-order valence-corrected chi connectivity index (χ2v) is 5.70. The van der Waals surface area contributed by atoms with Crippen molar-refractivity contribution in [3.8, 4) is 0 Å². The van der Waals surface area contributed by atoms with Gasteiger partial charge >= 0.3 is 5.97 Å². The molecule has 0 aromatic heterocycles. The first-order chi connectivity index (χ1) is 8.83. The molecule has 2 heteroatoms. The highest BCUT2D eigenvalue weighted by molar-refractivity contribution is 5.69. The van der Waals surface area contributed by atoms with Crippen LogP contribution in [-0.4, -0.2) is 12.6 Å². The summed E-state index contributed by atoms with van der Waals surface area (Å²) in [7, 11) is 0. The van der Waals surface area contributed by atoms with E-state index in [1.165, 1.54) is 64.2 Å².